The number of aromatic carboxylic acids is 1. The van der Waals surface area contributed by atoms with E-state index < -0.39 is 5.97 Å². The van der Waals surface area contributed by atoms with Crippen LogP contribution in [0.1, 0.15) is 23.2 Å². The molecule has 6 heteroatoms. The fourth-order valence-electron chi connectivity index (χ4n) is 1.76. The lowest BCUT2D eigenvalue weighted by atomic mass is 10.2. The van der Waals surface area contributed by atoms with Crippen molar-refractivity contribution >= 4 is 35.1 Å². The van der Waals surface area contributed by atoms with E-state index in [1.807, 2.05) is 11.8 Å². The molecule has 1 aromatic rings. The summed E-state index contributed by atoms with van der Waals surface area (Å²) in [6.45, 7) is 0. The number of rotatable bonds is 3. The lowest BCUT2D eigenvalue weighted by molar-refractivity contribution is 0.0697. The molecule has 0 saturated carbocycles. The molecular weight excluding hydrogens is 260 g/mol. The largest absolute Gasteiger partial charge is 0.478 e. The van der Waals surface area contributed by atoms with E-state index in [1.165, 1.54) is 24.3 Å². The Labute approximate surface area is 109 Å². The Bertz CT molecular complexity index is 422. The molecule has 1 saturated heterocycles. The summed E-state index contributed by atoms with van der Waals surface area (Å²) in [5.41, 5.74) is 0.163. The van der Waals surface area contributed by atoms with E-state index in [0.717, 1.165) is 12.2 Å². The summed E-state index contributed by atoms with van der Waals surface area (Å²) < 4.78 is 0. The minimum Gasteiger partial charge on any atom is -0.478 e. The zero-order chi connectivity index (χ0) is 12.3. The van der Waals surface area contributed by atoms with Crippen LogP contribution in [-0.4, -0.2) is 33.6 Å². The van der Waals surface area contributed by atoms with E-state index in [0.29, 0.717) is 11.9 Å². The number of nitrogens with zero attached hydrogens (tertiary/aromatic N) is 1. The van der Waals surface area contributed by atoms with Gasteiger partial charge in [-0.05, 0) is 30.7 Å². The standard InChI is InChI=1S/C11H13ClN2O2S/c12-9-4-7(11(15)16)5-10(14-9)13-8-2-1-3-17-6-8/h4-5,8H,1-3,6H2,(H,13,14)(H,15,16). The van der Waals surface area contributed by atoms with Crippen LogP contribution in [0.5, 0.6) is 0 Å². The van der Waals surface area contributed by atoms with Gasteiger partial charge in [0, 0.05) is 11.8 Å². The first-order valence-electron chi connectivity index (χ1n) is 5.40. The number of carboxylic acids is 1. The molecule has 1 unspecified atom stereocenters. The van der Waals surface area contributed by atoms with Crippen molar-refractivity contribution in [2.75, 3.05) is 16.8 Å². The monoisotopic (exact) mass is 272 g/mol. The van der Waals surface area contributed by atoms with Gasteiger partial charge in [-0.25, -0.2) is 9.78 Å². The maximum Gasteiger partial charge on any atom is 0.335 e. The third-order valence-electron chi connectivity index (χ3n) is 2.55. The summed E-state index contributed by atoms with van der Waals surface area (Å²) in [5.74, 6) is 1.77. The smallest absolute Gasteiger partial charge is 0.335 e. The third-order valence-corrected chi connectivity index (χ3v) is 3.96. The van der Waals surface area contributed by atoms with Gasteiger partial charge in [-0.15, -0.1) is 0 Å². The fraction of sp³-hybridized carbons (Fsp3) is 0.455. The van der Waals surface area contributed by atoms with Crippen LogP contribution in [0, 0.1) is 0 Å². The predicted molar refractivity (Wildman–Crippen MR) is 70.2 cm³/mol. The summed E-state index contributed by atoms with van der Waals surface area (Å²) in [5, 5.41) is 12.4. The van der Waals surface area contributed by atoms with Crippen LogP contribution in [0.25, 0.3) is 0 Å². The van der Waals surface area contributed by atoms with E-state index in [4.69, 9.17) is 16.7 Å². The Kier molecular flexibility index (Phi) is 4.12. The number of nitrogens with one attached hydrogen (secondary N) is 1. The molecule has 0 radical (unpaired) electrons. The zero-order valence-corrected chi connectivity index (χ0v) is 10.7. The van der Waals surface area contributed by atoms with Gasteiger partial charge in [-0.2, -0.15) is 11.8 Å². The van der Waals surface area contributed by atoms with E-state index in [2.05, 4.69) is 10.3 Å². The van der Waals surface area contributed by atoms with Gasteiger partial charge in [-0.3, -0.25) is 0 Å². The first-order valence-corrected chi connectivity index (χ1v) is 6.93. The molecule has 4 nitrogen and oxygen atoms in total. The van der Waals surface area contributed by atoms with Crippen LogP contribution in [0.3, 0.4) is 0 Å². The van der Waals surface area contributed by atoms with Crippen LogP contribution in [0.4, 0.5) is 5.82 Å². The molecule has 2 rings (SSSR count). The maximum atomic E-state index is 10.9. The SMILES string of the molecule is O=C(O)c1cc(Cl)nc(NC2CCCSC2)c1. The van der Waals surface area contributed by atoms with Crippen molar-refractivity contribution in [3.05, 3.63) is 22.8 Å². The topological polar surface area (TPSA) is 62.2 Å². The Hall–Kier alpha value is -0.940. The maximum absolute atomic E-state index is 10.9. The number of aromatic nitrogens is 1. The van der Waals surface area contributed by atoms with Crippen molar-refractivity contribution in [1.82, 2.24) is 4.98 Å². The Morgan fingerprint density at radius 2 is 2.41 bits per heavy atom. The normalized spacial score (nSPS) is 19.9. The van der Waals surface area contributed by atoms with Crippen LogP contribution < -0.4 is 5.32 Å². The summed E-state index contributed by atoms with van der Waals surface area (Å²) in [6, 6.07) is 3.22. The molecular formula is C11H13ClN2O2S. The summed E-state index contributed by atoms with van der Waals surface area (Å²) in [6.07, 6.45) is 2.26. The number of anilines is 1. The molecule has 0 amide bonds. The number of carboxylic acid groups (broad SMARTS) is 1. The molecule has 2 N–H and O–H groups in total. The van der Waals surface area contributed by atoms with Crippen molar-refractivity contribution in [3.8, 4) is 0 Å². The van der Waals surface area contributed by atoms with Crippen LogP contribution >= 0.6 is 23.4 Å². The molecule has 1 fully saturated rings. The minimum absolute atomic E-state index is 0.163. The average molecular weight is 273 g/mol. The predicted octanol–water partition coefficient (Wildman–Crippen LogP) is 2.74. The first-order chi connectivity index (χ1) is 8.15. The molecule has 0 aromatic carbocycles. The van der Waals surface area contributed by atoms with Crippen LogP contribution in [-0.2, 0) is 0 Å². The molecule has 1 aliphatic heterocycles. The lowest BCUT2D eigenvalue weighted by Crippen LogP contribution is -2.26. The van der Waals surface area contributed by atoms with Gasteiger partial charge in [-0.1, -0.05) is 11.6 Å². The molecule has 1 aromatic heterocycles. The highest BCUT2D eigenvalue weighted by molar-refractivity contribution is 7.99. The van der Waals surface area contributed by atoms with E-state index in [1.54, 1.807) is 0 Å². The number of hydrogen-bond donors (Lipinski definition) is 2. The Morgan fingerprint density at radius 3 is 3.06 bits per heavy atom. The minimum atomic E-state index is -0.990. The van der Waals surface area contributed by atoms with Gasteiger partial charge in [0.15, 0.2) is 0 Å². The summed E-state index contributed by atoms with van der Waals surface area (Å²) >= 11 is 7.69. The molecule has 17 heavy (non-hydrogen) atoms. The van der Waals surface area contributed by atoms with Crippen LogP contribution in [0.2, 0.25) is 5.15 Å². The Balaban J connectivity index is 2.11. The van der Waals surface area contributed by atoms with Gasteiger partial charge in [0.25, 0.3) is 0 Å². The Morgan fingerprint density at radius 1 is 1.59 bits per heavy atom. The van der Waals surface area contributed by atoms with Gasteiger partial charge in [0.2, 0.25) is 0 Å². The van der Waals surface area contributed by atoms with Gasteiger partial charge < -0.3 is 10.4 Å². The van der Waals surface area contributed by atoms with Crippen molar-refractivity contribution < 1.29 is 9.90 Å². The second-order valence-corrected chi connectivity index (χ2v) is 5.46. The number of thioether (sulfide) groups is 1. The number of halogens is 1. The van der Waals surface area contributed by atoms with Gasteiger partial charge in [0.05, 0.1) is 5.56 Å². The second-order valence-electron chi connectivity index (χ2n) is 3.93. The summed E-state index contributed by atoms with van der Waals surface area (Å²) in [4.78, 5) is 15.0. The molecule has 0 spiro atoms. The highest BCUT2D eigenvalue weighted by Crippen LogP contribution is 2.21. The second kappa shape index (κ2) is 5.60. The highest BCUT2D eigenvalue weighted by atomic mass is 35.5. The molecule has 2 heterocycles. The fourth-order valence-corrected chi connectivity index (χ4v) is 3.04. The molecule has 1 atom stereocenters. The van der Waals surface area contributed by atoms with Gasteiger partial charge in [0.1, 0.15) is 11.0 Å². The van der Waals surface area contributed by atoms with Crippen molar-refractivity contribution in [3.63, 3.8) is 0 Å². The van der Waals surface area contributed by atoms with Crippen LogP contribution in [0.15, 0.2) is 12.1 Å². The molecule has 92 valence electrons. The van der Waals surface area contributed by atoms with E-state index in [-0.39, 0.29) is 10.7 Å². The van der Waals surface area contributed by atoms with E-state index in [9.17, 15) is 4.79 Å². The number of hydrogen-bond acceptors (Lipinski definition) is 4. The molecule has 0 bridgehead atoms. The third kappa shape index (κ3) is 3.51. The highest BCUT2D eigenvalue weighted by Gasteiger charge is 2.15. The van der Waals surface area contributed by atoms with E-state index >= 15 is 0 Å². The van der Waals surface area contributed by atoms with Gasteiger partial charge >= 0.3 is 5.97 Å². The lowest BCUT2D eigenvalue weighted by Gasteiger charge is -2.23. The zero-order valence-electron chi connectivity index (χ0n) is 9.15. The van der Waals surface area contributed by atoms with Crippen molar-refractivity contribution in [1.29, 1.82) is 0 Å². The van der Waals surface area contributed by atoms with Crippen molar-refractivity contribution in [2.24, 2.45) is 0 Å². The number of carbonyl (C=O) groups is 1. The summed E-state index contributed by atoms with van der Waals surface area (Å²) in [7, 11) is 0. The average Bonchev–Trinajstić information content (AvgIpc) is 2.29. The molecule has 1 aliphatic rings. The van der Waals surface area contributed by atoms with Crippen molar-refractivity contribution in [2.45, 2.75) is 18.9 Å². The quantitative estimate of drug-likeness (QED) is 0.829. The number of pyridine rings is 1. The first kappa shape index (κ1) is 12.5. The molecule has 0 aliphatic carbocycles.